The average Bonchev–Trinajstić information content (AvgIpc) is 2.56. The molecule has 0 saturated carbocycles. The Morgan fingerprint density at radius 1 is 1.21 bits per heavy atom. The maximum absolute atomic E-state index is 6.08. The second-order valence-electron chi connectivity index (χ2n) is 5.43. The quantitative estimate of drug-likeness (QED) is 0.619. The van der Waals surface area contributed by atoms with Crippen LogP contribution in [0.15, 0.2) is 46.9 Å². The predicted octanol–water partition coefficient (Wildman–Crippen LogP) is 5.22. The Bertz CT molecular complexity index is 691. The molecule has 2 aromatic rings. The number of nitrogens with zero attached hydrogens (tertiary/aromatic N) is 1. The van der Waals surface area contributed by atoms with E-state index in [1.54, 1.807) is 0 Å². The molecule has 128 valence electrons. The fourth-order valence-electron chi connectivity index (χ4n) is 2.28. The number of thiocarbonyl (C=S) groups is 1. The van der Waals surface area contributed by atoms with E-state index >= 15 is 0 Å². The molecule has 0 aliphatic rings. The zero-order valence-corrected chi connectivity index (χ0v) is 16.9. The third-order valence-electron chi connectivity index (χ3n) is 3.63. The minimum atomic E-state index is 0.591. The Kier molecular flexibility index (Phi) is 7.34. The number of aryl methyl sites for hydroxylation is 1. The van der Waals surface area contributed by atoms with Gasteiger partial charge in [-0.15, -0.1) is 0 Å². The van der Waals surface area contributed by atoms with Gasteiger partial charge in [-0.25, -0.2) is 0 Å². The summed E-state index contributed by atoms with van der Waals surface area (Å²) in [7, 11) is 0. The zero-order chi connectivity index (χ0) is 17.5. The van der Waals surface area contributed by atoms with Crippen molar-refractivity contribution in [3.05, 3.63) is 57.5 Å². The van der Waals surface area contributed by atoms with E-state index in [9.17, 15) is 0 Å². The second-order valence-corrected chi connectivity index (χ2v) is 7.09. The van der Waals surface area contributed by atoms with Crippen LogP contribution >= 0.6 is 39.7 Å². The SMILES string of the molecule is CCN(CCNC(=S)Nc1ccc(Br)c(Cl)c1)c1ccc(C)cc1. The first-order chi connectivity index (χ1) is 11.5. The molecule has 2 rings (SSSR count). The molecular formula is C18H21BrClN3S. The number of anilines is 2. The Labute approximate surface area is 162 Å². The number of rotatable bonds is 6. The van der Waals surface area contributed by atoms with Gasteiger partial charge in [0, 0.05) is 35.5 Å². The summed E-state index contributed by atoms with van der Waals surface area (Å²) in [5.74, 6) is 0. The van der Waals surface area contributed by atoms with Gasteiger partial charge in [0.1, 0.15) is 0 Å². The molecule has 0 bridgehead atoms. The normalized spacial score (nSPS) is 10.3. The van der Waals surface area contributed by atoms with Gasteiger partial charge >= 0.3 is 0 Å². The first-order valence-corrected chi connectivity index (χ1v) is 9.39. The maximum Gasteiger partial charge on any atom is 0.170 e. The summed E-state index contributed by atoms with van der Waals surface area (Å²) in [5, 5.41) is 7.62. The zero-order valence-electron chi connectivity index (χ0n) is 13.8. The van der Waals surface area contributed by atoms with E-state index < -0.39 is 0 Å². The standard InChI is InChI=1S/C18H21BrClN3S/c1-3-23(15-7-4-13(2)5-8-15)11-10-21-18(24)22-14-6-9-16(19)17(20)12-14/h4-9,12H,3,10-11H2,1-2H3,(H2,21,22,24). The van der Waals surface area contributed by atoms with Crippen molar-refractivity contribution < 1.29 is 0 Å². The summed E-state index contributed by atoms with van der Waals surface area (Å²) < 4.78 is 0.866. The van der Waals surface area contributed by atoms with Crippen molar-refractivity contribution in [2.45, 2.75) is 13.8 Å². The Balaban J connectivity index is 1.82. The number of benzene rings is 2. The van der Waals surface area contributed by atoms with Gasteiger partial charge in [0.2, 0.25) is 0 Å². The molecule has 6 heteroatoms. The molecule has 0 aromatic heterocycles. The molecular weight excluding hydrogens is 406 g/mol. The van der Waals surface area contributed by atoms with Gasteiger partial charge in [-0.1, -0.05) is 29.3 Å². The van der Waals surface area contributed by atoms with Crippen LogP contribution in [0.25, 0.3) is 0 Å². The van der Waals surface area contributed by atoms with Crippen molar-refractivity contribution in [3.8, 4) is 0 Å². The molecule has 0 radical (unpaired) electrons. The summed E-state index contributed by atoms with van der Waals surface area (Å²) in [4.78, 5) is 2.31. The lowest BCUT2D eigenvalue weighted by molar-refractivity contribution is 0.779. The van der Waals surface area contributed by atoms with Crippen molar-refractivity contribution in [2.24, 2.45) is 0 Å². The highest BCUT2D eigenvalue weighted by Gasteiger charge is 2.05. The minimum absolute atomic E-state index is 0.591. The highest BCUT2D eigenvalue weighted by atomic mass is 79.9. The van der Waals surface area contributed by atoms with Crippen LogP contribution in [0, 0.1) is 6.92 Å². The highest BCUT2D eigenvalue weighted by Crippen LogP contribution is 2.25. The third kappa shape index (κ3) is 5.65. The Morgan fingerprint density at radius 3 is 2.54 bits per heavy atom. The lowest BCUT2D eigenvalue weighted by Crippen LogP contribution is -2.36. The number of halogens is 2. The van der Waals surface area contributed by atoms with Crippen LogP contribution in [0.5, 0.6) is 0 Å². The largest absolute Gasteiger partial charge is 0.370 e. The predicted molar refractivity (Wildman–Crippen MR) is 112 cm³/mol. The van der Waals surface area contributed by atoms with Gasteiger partial charge in [-0.3, -0.25) is 0 Å². The van der Waals surface area contributed by atoms with Gasteiger partial charge in [0.15, 0.2) is 5.11 Å². The van der Waals surface area contributed by atoms with Crippen LogP contribution in [0.2, 0.25) is 5.02 Å². The minimum Gasteiger partial charge on any atom is -0.370 e. The molecule has 3 nitrogen and oxygen atoms in total. The lowest BCUT2D eigenvalue weighted by Gasteiger charge is -2.24. The van der Waals surface area contributed by atoms with Crippen molar-refractivity contribution >= 4 is 56.2 Å². The van der Waals surface area contributed by atoms with E-state index in [-0.39, 0.29) is 0 Å². The van der Waals surface area contributed by atoms with E-state index in [1.807, 2.05) is 18.2 Å². The Hall–Kier alpha value is -1.30. The molecule has 2 aromatic carbocycles. The van der Waals surface area contributed by atoms with Crippen molar-refractivity contribution in [2.75, 3.05) is 29.9 Å². The number of likely N-dealkylation sites (N-methyl/N-ethyl adjacent to an activating group) is 1. The first-order valence-electron chi connectivity index (χ1n) is 7.81. The summed E-state index contributed by atoms with van der Waals surface area (Å²) in [6, 6.07) is 14.2. The van der Waals surface area contributed by atoms with Gasteiger partial charge < -0.3 is 15.5 Å². The van der Waals surface area contributed by atoms with Crippen molar-refractivity contribution in [1.29, 1.82) is 0 Å². The highest BCUT2D eigenvalue weighted by molar-refractivity contribution is 9.10. The van der Waals surface area contributed by atoms with E-state index in [0.717, 1.165) is 29.8 Å². The number of hydrogen-bond acceptors (Lipinski definition) is 2. The maximum atomic E-state index is 6.08. The van der Waals surface area contributed by atoms with Crippen LogP contribution in [0.3, 0.4) is 0 Å². The molecule has 0 aliphatic carbocycles. The van der Waals surface area contributed by atoms with Gasteiger partial charge in [-0.2, -0.15) is 0 Å². The molecule has 0 aliphatic heterocycles. The van der Waals surface area contributed by atoms with E-state index in [4.69, 9.17) is 23.8 Å². The van der Waals surface area contributed by atoms with Gasteiger partial charge in [0.25, 0.3) is 0 Å². The smallest absolute Gasteiger partial charge is 0.170 e. The second kappa shape index (κ2) is 9.25. The molecule has 0 heterocycles. The summed E-state index contributed by atoms with van der Waals surface area (Å²) >= 11 is 14.8. The first kappa shape index (κ1) is 19.0. The number of nitrogens with one attached hydrogen (secondary N) is 2. The van der Waals surface area contributed by atoms with Crippen molar-refractivity contribution in [1.82, 2.24) is 5.32 Å². The molecule has 2 N–H and O–H groups in total. The fourth-order valence-corrected chi connectivity index (χ4v) is 2.93. The summed E-state index contributed by atoms with van der Waals surface area (Å²) in [5.41, 5.74) is 3.36. The molecule has 0 fully saturated rings. The van der Waals surface area contributed by atoms with E-state index in [1.165, 1.54) is 11.3 Å². The van der Waals surface area contributed by atoms with Gasteiger partial charge in [0.05, 0.1) is 5.02 Å². The average molecular weight is 427 g/mol. The molecule has 0 atom stereocenters. The topological polar surface area (TPSA) is 27.3 Å². The summed E-state index contributed by atoms with van der Waals surface area (Å²) in [6.07, 6.45) is 0. The Morgan fingerprint density at radius 2 is 1.92 bits per heavy atom. The van der Waals surface area contributed by atoms with E-state index in [0.29, 0.717) is 10.1 Å². The molecule has 0 saturated heterocycles. The molecule has 0 amide bonds. The van der Waals surface area contributed by atoms with Crippen LogP contribution in [-0.4, -0.2) is 24.7 Å². The van der Waals surface area contributed by atoms with Crippen LogP contribution in [0.1, 0.15) is 12.5 Å². The van der Waals surface area contributed by atoms with Gasteiger partial charge in [-0.05, 0) is 72.3 Å². The number of hydrogen-bond donors (Lipinski definition) is 2. The van der Waals surface area contributed by atoms with Crippen molar-refractivity contribution in [3.63, 3.8) is 0 Å². The summed E-state index contributed by atoms with van der Waals surface area (Å²) in [6.45, 7) is 6.84. The molecule has 0 spiro atoms. The lowest BCUT2D eigenvalue weighted by atomic mass is 10.2. The molecule has 24 heavy (non-hydrogen) atoms. The molecule has 0 unspecified atom stereocenters. The van der Waals surface area contributed by atoms with E-state index in [2.05, 4.69) is 69.6 Å². The van der Waals surface area contributed by atoms with Crippen LogP contribution in [-0.2, 0) is 0 Å². The van der Waals surface area contributed by atoms with Crippen LogP contribution in [0.4, 0.5) is 11.4 Å². The third-order valence-corrected chi connectivity index (χ3v) is 5.10. The fraction of sp³-hybridized carbons (Fsp3) is 0.278. The van der Waals surface area contributed by atoms with Crippen LogP contribution < -0.4 is 15.5 Å². The monoisotopic (exact) mass is 425 g/mol.